The van der Waals surface area contributed by atoms with Crippen molar-refractivity contribution in [2.75, 3.05) is 5.75 Å². The Bertz CT molecular complexity index is 538. The van der Waals surface area contributed by atoms with Gasteiger partial charge in [0.15, 0.2) is 5.65 Å². The lowest BCUT2D eigenvalue weighted by Crippen LogP contribution is -2.03. The summed E-state index contributed by atoms with van der Waals surface area (Å²) in [5, 5.41) is 8.60. The van der Waals surface area contributed by atoms with Crippen molar-refractivity contribution in [2.45, 2.75) is 19.2 Å². The van der Waals surface area contributed by atoms with Crippen molar-refractivity contribution in [2.24, 2.45) is 0 Å². The SMILES string of the molecule is CCn1c(CSCC(=O)O)nc2cccnc21. The number of pyridine rings is 1. The first kappa shape index (κ1) is 11.9. The van der Waals surface area contributed by atoms with Crippen molar-refractivity contribution in [3.63, 3.8) is 0 Å². The molecule has 1 N–H and O–H groups in total. The average molecular weight is 251 g/mol. The molecular formula is C11H13N3O2S. The smallest absolute Gasteiger partial charge is 0.313 e. The van der Waals surface area contributed by atoms with Gasteiger partial charge in [0.05, 0.1) is 11.5 Å². The highest BCUT2D eigenvalue weighted by Gasteiger charge is 2.10. The van der Waals surface area contributed by atoms with Gasteiger partial charge in [-0.2, -0.15) is 0 Å². The lowest BCUT2D eigenvalue weighted by Gasteiger charge is -2.03. The number of rotatable bonds is 5. The third-order valence-corrected chi connectivity index (χ3v) is 3.27. The minimum atomic E-state index is -0.799. The van der Waals surface area contributed by atoms with E-state index in [0.29, 0.717) is 5.75 Å². The van der Waals surface area contributed by atoms with Crippen LogP contribution in [0.1, 0.15) is 12.7 Å². The highest BCUT2D eigenvalue weighted by molar-refractivity contribution is 7.99. The summed E-state index contributed by atoms with van der Waals surface area (Å²) >= 11 is 1.35. The molecule has 0 saturated carbocycles. The Morgan fingerprint density at radius 3 is 3.12 bits per heavy atom. The zero-order valence-electron chi connectivity index (χ0n) is 9.46. The molecule has 0 saturated heterocycles. The van der Waals surface area contributed by atoms with Gasteiger partial charge in [-0.05, 0) is 19.1 Å². The number of nitrogens with zero attached hydrogens (tertiary/aromatic N) is 3. The maximum absolute atomic E-state index is 10.5. The zero-order valence-corrected chi connectivity index (χ0v) is 10.3. The quantitative estimate of drug-likeness (QED) is 0.877. The molecule has 0 spiro atoms. The van der Waals surface area contributed by atoms with Crippen LogP contribution in [0.15, 0.2) is 18.3 Å². The molecule has 0 unspecified atom stereocenters. The fourth-order valence-electron chi connectivity index (χ4n) is 1.68. The van der Waals surface area contributed by atoms with Gasteiger partial charge in [0.1, 0.15) is 11.3 Å². The van der Waals surface area contributed by atoms with Crippen LogP contribution in [0.2, 0.25) is 0 Å². The molecule has 0 aromatic carbocycles. The molecule has 17 heavy (non-hydrogen) atoms. The third kappa shape index (κ3) is 2.58. The van der Waals surface area contributed by atoms with Gasteiger partial charge in [0.25, 0.3) is 0 Å². The predicted octanol–water partition coefficient (Wildman–Crippen LogP) is 1.77. The maximum atomic E-state index is 10.5. The molecule has 0 atom stereocenters. The molecule has 2 aromatic heterocycles. The van der Waals surface area contributed by atoms with Crippen molar-refractivity contribution >= 4 is 28.9 Å². The molecule has 0 bridgehead atoms. The number of hydrogen-bond acceptors (Lipinski definition) is 4. The Morgan fingerprint density at radius 1 is 1.59 bits per heavy atom. The maximum Gasteiger partial charge on any atom is 0.313 e. The van der Waals surface area contributed by atoms with E-state index in [-0.39, 0.29) is 5.75 Å². The minimum Gasteiger partial charge on any atom is -0.481 e. The second-order valence-corrected chi connectivity index (χ2v) is 4.49. The van der Waals surface area contributed by atoms with E-state index in [9.17, 15) is 4.79 Å². The highest BCUT2D eigenvalue weighted by atomic mass is 32.2. The van der Waals surface area contributed by atoms with E-state index in [1.54, 1.807) is 6.20 Å². The van der Waals surface area contributed by atoms with E-state index in [1.165, 1.54) is 11.8 Å². The summed E-state index contributed by atoms with van der Waals surface area (Å²) in [4.78, 5) is 19.2. The lowest BCUT2D eigenvalue weighted by molar-refractivity contribution is -0.133. The van der Waals surface area contributed by atoms with Crippen LogP contribution in [-0.4, -0.2) is 31.4 Å². The van der Waals surface area contributed by atoms with Crippen molar-refractivity contribution in [3.05, 3.63) is 24.2 Å². The number of carbonyl (C=O) groups is 1. The van der Waals surface area contributed by atoms with E-state index in [1.807, 2.05) is 23.6 Å². The van der Waals surface area contributed by atoms with E-state index in [4.69, 9.17) is 5.11 Å². The van der Waals surface area contributed by atoms with Gasteiger partial charge in [0.2, 0.25) is 0 Å². The second-order valence-electron chi connectivity index (χ2n) is 3.50. The molecule has 5 nitrogen and oxygen atoms in total. The number of hydrogen-bond donors (Lipinski definition) is 1. The van der Waals surface area contributed by atoms with Crippen molar-refractivity contribution in [1.29, 1.82) is 0 Å². The van der Waals surface area contributed by atoms with Crippen molar-refractivity contribution < 1.29 is 9.90 Å². The summed E-state index contributed by atoms with van der Waals surface area (Å²) < 4.78 is 2.02. The molecule has 2 aromatic rings. The third-order valence-electron chi connectivity index (χ3n) is 2.36. The molecule has 2 heterocycles. The molecule has 0 amide bonds. The number of carboxylic acids is 1. The standard InChI is InChI=1S/C11H13N3O2S/c1-2-14-9(6-17-7-10(15)16)13-8-4-3-5-12-11(8)14/h3-5H,2,6-7H2,1H3,(H,15,16). The normalized spacial score (nSPS) is 10.9. The minimum absolute atomic E-state index is 0.0976. The van der Waals surface area contributed by atoms with Crippen molar-refractivity contribution in [1.82, 2.24) is 14.5 Å². The number of aromatic nitrogens is 3. The van der Waals surface area contributed by atoms with Gasteiger partial charge in [-0.25, -0.2) is 9.97 Å². The largest absolute Gasteiger partial charge is 0.481 e. The topological polar surface area (TPSA) is 68.0 Å². The number of carboxylic acid groups (broad SMARTS) is 1. The number of imidazole rings is 1. The Kier molecular flexibility index (Phi) is 3.63. The Balaban J connectivity index is 2.24. The summed E-state index contributed by atoms with van der Waals surface area (Å²) in [7, 11) is 0. The number of aryl methyl sites for hydroxylation is 1. The Hall–Kier alpha value is -1.56. The molecular weight excluding hydrogens is 238 g/mol. The fraction of sp³-hybridized carbons (Fsp3) is 0.364. The molecule has 6 heteroatoms. The average Bonchev–Trinajstić information content (AvgIpc) is 2.66. The van der Waals surface area contributed by atoms with Crippen LogP contribution in [0.25, 0.3) is 11.2 Å². The summed E-state index contributed by atoms with van der Waals surface area (Å²) in [6.07, 6.45) is 1.74. The molecule has 0 aliphatic rings. The van der Waals surface area contributed by atoms with E-state index in [2.05, 4.69) is 9.97 Å². The van der Waals surface area contributed by atoms with E-state index in [0.717, 1.165) is 23.5 Å². The lowest BCUT2D eigenvalue weighted by atomic mass is 10.4. The summed E-state index contributed by atoms with van der Waals surface area (Å²) in [6, 6.07) is 3.77. The zero-order chi connectivity index (χ0) is 12.3. The van der Waals surface area contributed by atoms with E-state index >= 15 is 0 Å². The van der Waals surface area contributed by atoms with Crippen LogP contribution >= 0.6 is 11.8 Å². The van der Waals surface area contributed by atoms with Crippen LogP contribution in [0.4, 0.5) is 0 Å². The molecule has 0 radical (unpaired) electrons. The van der Waals surface area contributed by atoms with Crippen LogP contribution in [0.5, 0.6) is 0 Å². The van der Waals surface area contributed by atoms with Crippen LogP contribution in [-0.2, 0) is 17.1 Å². The molecule has 90 valence electrons. The van der Waals surface area contributed by atoms with Crippen LogP contribution in [0, 0.1) is 0 Å². The van der Waals surface area contributed by atoms with E-state index < -0.39 is 5.97 Å². The first-order valence-electron chi connectivity index (χ1n) is 5.32. The monoisotopic (exact) mass is 251 g/mol. The summed E-state index contributed by atoms with van der Waals surface area (Å²) in [5.41, 5.74) is 1.72. The molecule has 0 aliphatic carbocycles. The van der Waals surface area contributed by atoms with Gasteiger partial charge in [0, 0.05) is 12.7 Å². The first-order valence-corrected chi connectivity index (χ1v) is 6.47. The number of aliphatic carboxylic acids is 1. The number of fused-ring (bicyclic) bond motifs is 1. The molecule has 0 aliphatic heterocycles. The van der Waals surface area contributed by atoms with Crippen LogP contribution < -0.4 is 0 Å². The fourth-order valence-corrected chi connectivity index (χ4v) is 2.36. The van der Waals surface area contributed by atoms with Gasteiger partial charge in [-0.3, -0.25) is 4.79 Å². The Morgan fingerprint density at radius 2 is 2.41 bits per heavy atom. The summed E-state index contributed by atoms with van der Waals surface area (Å²) in [5.74, 6) is 0.774. The van der Waals surface area contributed by atoms with Gasteiger partial charge < -0.3 is 9.67 Å². The second kappa shape index (κ2) is 5.18. The van der Waals surface area contributed by atoms with Gasteiger partial charge >= 0.3 is 5.97 Å². The number of thioether (sulfide) groups is 1. The predicted molar refractivity (Wildman–Crippen MR) is 67.0 cm³/mol. The van der Waals surface area contributed by atoms with Gasteiger partial charge in [-0.1, -0.05) is 0 Å². The van der Waals surface area contributed by atoms with Gasteiger partial charge in [-0.15, -0.1) is 11.8 Å². The molecule has 0 fully saturated rings. The first-order chi connectivity index (χ1) is 8.22. The van der Waals surface area contributed by atoms with Crippen molar-refractivity contribution in [3.8, 4) is 0 Å². The molecule has 2 rings (SSSR count). The Labute approximate surface area is 103 Å². The summed E-state index contributed by atoms with van der Waals surface area (Å²) in [6.45, 7) is 2.82. The highest BCUT2D eigenvalue weighted by Crippen LogP contribution is 2.17. The van der Waals surface area contributed by atoms with Crippen LogP contribution in [0.3, 0.4) is 0 Å².